The van der Waals surface area contributed by atoms with E-state index < -0.39 is 6.30 Å². The largest absolute Gasteiger partial charge is 0.493 e. The number of thioether (sulfide) groups is 1. The summed E-state index contributed by atoms with van der Waals surface area (Å²) in [6, 6.07) is 14.3. The van der Waals surface area contributed by atoms with E-state index in [1.54, 1.807) is 11.8 Å². The fraction of sp³-hybridized carbons (Fsp3) is 0.368. The highest BCUT2D eigenvalue weighted by atomic mass is 32.2. The van der Waals surface area contributed by atoms with Crippen LogP contribution in [0.15, 0.2) is 47.4 Å². The van der Waals surface area contributed by atoms with Gasteiger partial charge in [-0.25, -0.2) is 4.39 Å². The minimum Gasteiger partial charge on any atom is -0.493 e. The first kappa shape index (κ1) is 15.8. The van der Waals surface area contributed by atoms with E-state index in [9.17, 15) is 4.39 Å². The van der Waals surface area contributed by atoms with Gasteiger partial charge in [-0.1, -0.05) is 36.0 Å². The molecule has 0 radical (unpaired) electrons. The number of piperidine rings is 1. The lowest BCUT2D eigenvalue weighted by Crippen LogP contribution is -2.36. The molecule has 4 rings (SSSR count). The Balaban J connectivity index is 1.43. The highest BCUT2D eigenvalue weighted by Crippen LogP contribution is 2.43. The molecule has 0 bridgehead atoms. The quantitative estimate of drug-likeness (QED) is 0.828. The Morgan fingerprint density at radius 3 is 2.92 bits per heavy atom. The third-order valence-electron chi connectivity index (χ3n) is 4.51. The van der Waals surface area contributed by atoms with Gasteiger partial charge in [0.05, 0.1) is 11.5 Å². The molecule has 126 valence electrons. The van der Waals surface area contributed by atoms with Crippen molar-refractivity contribution < 1.29 is 13.9 Å². The van der Waals surface area contributed by atoms with Gasteiger partial charge in [0.15, 0.2) is 6.30 Å². The van der Waals surface area contributed by atoms with E-state index in [1.165, 1.54) is 10.5 Å². The lowest BCUT2D eigenvalue weighted by molar-refractivity contribution is 0.134. The molecule has 1 fully saturated rings. The van der Waals surface area contributed by atoms with Gasteiger partial charge in [-0.05, 0) is 54.6 Å². The molecule has 0 aromatic heterocycles. The molecule has 24 heavy (non-hydrogen) atoms. The van der Waals surface area contributed by atoms with E-state index in [1.807, 2.05) is 24.3 Å². The van der Waals surface area contributed by atoms with Gasteiger partial charge in [-0.15, -0.1) is 0 Å². The van der Waals surface area contributed by atoms with Crippen LogP contribution in [0.25, 0.3) is 11.1 Å². The number of halogens is 1. The summed E-state index contributed by atoms with van der Waals surface area (Å²) in [5.41, 5.74) is 2.35. The first-order chi connectivity index (χ1) is 11.8. The molecule has 2 aromatic rings. The molecule has 2 aliphatic heterocycles. The third kappa shape index (κ3) is 3.37. The number of rotatable bonds is 4. The lowest BCUT2D eigenvalue weighted by Gasteiger charge is -2.25. The number of alkyl halides is 1. The molecule has 0 unspecified atom stereocenters. The van der Waals surface area contributed by atoms with E-state index in [-0.39, 0.29) is 5.92 Å². The Labute approximate surface area is 145 Å². The number of ether oxygens (including phenoxy) is 2. The number of hydrogen-bond acceptors (Lipinski definition) is 4. The Hall–Kier alpha value is -1.72. The highest BCUT2D eigenvalue weighted by Gasteiger charge is 2.21. The van der Waals surface area contributed by atoms with Crippen LogP contribution in [-0.2, 0) is 0 Å². The van der Waals surface area contributed by atoms with Crippen molar-refractivity contribution in [1.29, 1.82) is 0 Å². The molecule has 1 saturated heterocycles. The molecule has 2 heterocycles. The van der Waals surface area contributed by atoms with Gasteiger partial charge in [0.25, 0.3) is 0 Å². The van der Waals surface area contributed by atoms with Crippen molar-refractivity contribution in [2.24, 2.45) is 5.92 Å². The number of fused-ring (bicyclic) bond motifs is 1. The predicted octanol–water partition coefficient (Wildman–Crippen LogP) is 4.47. The number of nitrogens with one attached hydrogen (secondary N) is 1. The zero-order valence-electron chi connectivity index (χ0n) is 13.3. The normalized spacial score (nSPS) is 22.7. The highest BCUT2D eigenvalue weighted by molar-refractivity contribution is 7.99. The first-order valence-corrected chi connectivity index (χ1v) is 9.27. The topological polar surface area (TPSA) is 30.5 Å². The maximum Gasteiger partial charge on any atom is 0.151 e. The molecule has 2 atom stereocenters. The molecular weight excluding hydrogens is 325 g/mol. The van der Waals surface area contributed by atoms with E-state index in [0.717, 1.165) is 30.0 Å². The Morgan fingerprint density at radius 1 is 1.21 bits per heavy atom. The molecule has 0 amide bonds. The Kier molecular flexibility index (Phi) is 4.63. The van der Waals surface area contributed by atoms with Crippen LogP contribution < -0.4 is 14.8 Å². The van der Waals surface area contributed by atoms with Gasteiger partial charge in [0.1, 0.15) is 17.4 Å². The molecule has 2 aromatic carbocycles. The summed E-state index contributed by atoms with van der Waals surface area (Å²) in [5, 5.41) is 2.82. The summed E-state index contributed by atoms with van der Waals surface area (Å²) < 4.78 is 24.8. The van der Waals surface area contributed by atoms with Crippen molar-refractivity contribution in [1.82, 2.24) is 5.32 Å². The molecule has 2 aliphatic rings. The maximum atomic E-state index is 13.3. The maximum absolute atomic E-state index is 13.3. The summed E-state index contributed by atoms with van der Waals surface area (Å²) in [4.78, 5) is 1.20. The van der Waals surface area contributed by atoms with Crippen molar-refractivity contribution in [2.75, 3.05) is 19.1 Å². The standard InChI is InChI=1S/C19H20FNO2S/c20-18-10-13(8-9-21-18)11-22-15-6-4-14(5-7-15)16-2-1-3-17-19(16)24-12-23-17/h1-7,13,18,21H,8-12H2/t13-,18+/m1/s1. The summed E-state index contributed by atoms with van der Waals surface area (Å²) >= 11 is 1.73. The minimum atomic E-state index is -0.894. The SMILES string of the molecule is F[C@@H]1C[C@H](COc2ccc(-c3cccc4c3SCO4)cc2)CCN1. The van der Waals surface area contributed by atoms with Crippen molar-refractivity contribution in [3.63, 3.8) is 0 Å². The Bertz CT molecular complexity index is 707. The van der Waals surface area contributed by atoms with Crippen LogP contribution in [-0.4, -0.2) is 25.4 Å². The van der Waals surface area contributed by atoms with E-state index in [4.69, 9.17) is 9.47 Å². The molecule has 5 heteroatoms. The molecule has 0 aliphatic carbocycles. The monoisotopic (exact) mass is 345 g/mol. The predicted molar refractivity (Wildman–Crippen MR) is 94.3 cm³/mol. The van der Waals surface area contributed by atoms with E-state index in [0.29, 0.717) is 19.0 Å². The van der Waals surface area contributed by atoms with Crippen LogP contribution in [0.3, 0.4) is 0 Å². The molecule has 0 saturated carbocycles. The number of benzene rings is 2. The van der Waals surface area contributed by atoms with Crippen molar-refractivity contribution in [2.45, 2.75) is 24.0 Å². The van der Waals surface area contributed by atoms with Crippen molar-refractivity contribution in [3.8, 4) is 22.6 Å². The average molecular weight is 345 g/mol. The van der Waals surface area contributed by atoms with Crippen LogP contribution in [0.2, 0.25) is 0 Å². The summed E-state index contributed by atoms with van der Waals surface area (Å²) in [6.07, 6.45) is 0.603. The van der Waals surface area contributed by atoms with E-state index in [2.05, 4.69) is 23.5 Å². The van der Waals surface area contributed by atoms with Gasteiger partial charge < -0.3 is 9.47 Å². The van der Waals surface area contributed by atoms with Crippen LogP contribution in [0.5, 0.6) is 11.5 Å². The summed E-state index contributed by atoms with van der Waals surface area (Å²) in [7, 11) is 0. The van der Waals surface area contributed by atoms with Crippen molar-refractivity contribution >= 4 is 11.8 Å². The summed E-state index contributed by atoms with van der Waals surface area (Å²) in [6.45, 7) is 1.30. The average Bonchev–Trinajstić information content (AvgIpc) is 3.09. The second kappa shape index (κ2) is 7.03. The smallest absolute Gasteiger partial charge is 0.151 e. The summed E-state index contributed by atoms with van der Waals surface area (Å²) in [5.74, 6) is 2.76. The van der Waals surface area contributed by atoms with Crippen LogP contribution >= 0.6 is 11.8 Å². The molecule has 3 nitrogen and oxygen atoms in total. The molecule has 0 spiro atoms. The second-order valence-corrected chi connectivity index (χ2v) is 7.12. The zero-order chi connectivity index (χ0) is 16.4. The van der Waals surface area contributed by atoms with Gasteiger partial charge in [-0.2, -0.15) is 0 Å². The first-order valence-electron chi connectivity index (χ1n) is 8.29. The van der Waals surface area contributed by atoms with Crippen LogP contribution in [0.4, 0.5) is 4.39 Å². The van der Waals surface area contributed by atoms with E-state index >= 15 is 0 Å². The Morgan fingerprint density at radius 2 is 2.08 bits per heavy atom. The molecule has 1 N–H and O–H groups in total. The van der Waals surface area contributed by atoms with Crippen LogP contribution in [0.1, 0.15) is 12.8 Å². The fourth-order valence-corrected chi connectivity index (χ4v) is 4.11. The van der Waals surface area contributed by atoms with Gasteiger partial charge in [-0.3, -0.25) is 5.32 Å². The van der Waals surface area contributed by atoms with Gasteiger partial charge in [0, 0.05) is 0 Å². The van der Waals surface area contributed by atoms with Crippen molar-refractivity contribution in [3.05, 3.63) is 42.5 Å². The zero-order valence-corrected chi connectivity index (χ0v) is 14.2. The second-order valence-electron chi connectivity index (χ2n) is 6.19. The van der Waals surface area contributed by atoms with Gasteiger partial charge >= 0.3 is 0 Å². The lowest BCUT2D eigenvalue weighted by atomic mass is 9.98. The van der Waals surface area contributed by atoms with Gasteiger partial charge in [0.2, 0.25) is 0 Å². The number of hydrogen-bond donors (Lipinski definition) is 1. The fourth-order valence-electron chi connectivity index (χ4n) is 3.19. The third-order valence-corrected chi connectivity index (χ3v) is 5.45. The minimum absolute atomic E-state index is 0.284. The molecular formula is C19H20FNO2S. The van der Waals surface area contributed by atoms with Crippen LogP contribution in [0, 0.1) is 5.92 Å².